The Balaban J connectivity index is 1.85. The molecule has 7 heteroatoms. The molecule has 0 radical (unpaired) electrons. The molecule has 0 saturated carbocycles. The van der Waals surface area contributed by atoms with Crippen molar-refractivity contribution in [3.8, 4) is 16.9 Å². The second kappa shape index (κ2) is 7.17. The number of hydrogen-bond donors (Lipinski definition) is 1. The molecule has 27 heavy (non-hydrogen) atoms. The predicted molar refractivity (Wildman–Crippen MR) is 103 cm³/mol. The highest BCUT2D eigenvalue weighted by Gasteiger charge is 2.56. The maximum atomic E-state index is 14.4. The Bertz CT molecular complexity index is 867. The van der Waals surface area contributed by atoms with E-state index in [9.17, 15) is 18.7 Å². The number of alkyl halides is 2. The van der Waals surface area contributed by atoms with Crippen LogP contribution in [0.2, 0.25) is 0 Å². The SMILES string of the molecule is CN(C)C(=O)CCCOc1ccc2c(c1)C(O)(C(F)(F)P)c1ccccc1-2. The van der Waals surface area contributed by atoms with Crippen molar-refractivity contribution in [2.24, 2.45) is 0 Å². The molecule has 144 valence electrons. The van der Waals surface area contributed by atoms with Crippen molar-refractivity contribution in [1.82, 2.24) is 4.90 Å². The highest BCUT2D eigenvalue weighted by molar-refractivity contribution is 7.18. The summed E-state index contributed by atoms with van der Waals surface area (Å²) in [5, 5.41) is 11.0. The van der Waals surface area contributed by atoms with Gasteiger partial charge in [0.1, 0.15) is 5.75 Å². The van der Waals surface area contributed by atoms with Crippen molar-refractivity contribution < 1.29 is 23.4 Å². The second-order valence-electron chi connectivity index (χ2n) is 6.83. The van der Waals surface area contributed by atoms with E-state index in [1.165, 1.54) is 26.3 Å². The number of benzene rings is 2. The standard InChI is InChI=1S/C20H22F2NO3P/c1-23(2)18(24)8-5-11-26-13-9-10-15-14-6-3-4-7-16(14)19(25,17(15)12-13)20(21,22)27/h3-4,6-7,9-10,12,25H,5,8,11,27H2,1-2H3. The lowest BCUT2D eigenvalue weighted by atomic mass is 9.91. The summed E-state index contributed by atoms with van der Waals surface area (Å²) in [6, 6.07) is 11.4. The Hall–Kier alpha value is -2.04. The minimum atomic E-state index is -3.45. The molecule has 0 heterocycles. The normalized spacial score (nSPS) is 18.0. The number of amides is 1. The molecule has 2 atom stereocenters. The van der Waals surface area contributed by atoms with Crippen molar-refractivity contribution in [1.29, 1.82) is 0 Å². The first-order chi connectivity index (χ1) is 12.7. The van der Waals surface area contributed by atoms with E-state index in [-0.39, 0.29) is 23.6 Å². The van der Waals surface area contributed by atoms with E-state index in [0.29, 0.717) is 29.7 Å². The molecule has 2 aromatic carbocycles. The largest absolute Gasteiger partial charge is 0.494 e. The van der Waals surface area contributed by atoms with Gasteiger partial charge in [0.2, 0.25) is 5.91 Å². The number of carbonyl (C=O) groups excluding carboxylic acids is 1. The summed E-state index contributed by atoms with van der Waals surface area (Å²) in [5.41, 5.74) is -4.46. The molecule has 0 saturated heterocycles. The van der Waals surface area contributed by atoms with Gasteiger partial charge in [-0.3, -0.25) is 4.79 Å². The van der Waals surface area contributed by atoms with Gasteiger partial charge in [0.05, 0.1) is 6.61 Å². The van der Waals surface area contributed by atoms with Crippen molar-refractivity contribution in [2.45, 2.75) is 24.1 Å². The Morgan fingerprint density at radius 1 is 1.19 bits per heavy atom. The van der Waals surface area contributed by atoms with E-state index < -0.39 is 11.3 Å². The maximum Gasteiger partial charge on any atom is 0.295 e. The van der Waals surface area contributed by atoms with Crippen LogP contribution in [0.15, 0.2) is 42.5 Å². The van der Waals surface area contributed by atoms with Gasteiger partial charge in [-0.1, -0.05) is 39.6 Å². The summed E-state index contributed by atoms with van der Waals surface area (Å²) in [7, 11) is 4.82. The number of carbonyl (C=O) groups is 1. The molecule has 0 fully saturated rings. The summed E-state index contributed by atoms with van der Waals surface area (Å²) in [5.74, 6) is 0.381. The minimum absolute atomic E-state index is 0.0000259. The van der Waals surface area contributed by atoms with E-state index in [2.05, 4.69) is 0 Å². The van der Waals surface area contributed by atoms with Gasteiger partial charge in [0.25, 0.3) is 5.66 Å². The van der Waals surface area contributed by atoms with Crippen LogP contribution in [0.1, 0.15) is 24.0 Å². The number of ether oxygens (including phenoxy) is 1. The Kier molecular flexibility index (Phi) is 5.24. The van der Waals surface area contributed by atoms with E-state index >= 15 is 0 Å². The van der Waals surface area contributed by atoms with Crippen molar-refractivity contribution in [3.63, 3.8) is 0 Å². The zero-order chi connectivity index (χ0) is 19.8. The molecule has 1 aliphatic rings. The van der Waals surface area contributed by atoms with Gasteiger partial charge in [-0.2, -0.15) is 8.78 Å². The van der Waals surface area contributed by atoms with Crippen LogP contribution in [0.25, 0.3) is 11.1 Å². The molecule has 0 bridgehead atoms. The number of hydrogen-bond acceptors (Lipinski definition) is 3. The minimum Gasteiger partial charge on any atom is -0.494 e. The zero-order valence-electron chi connectivity index (χ0n) is 15.2. The summed E-state index contributed by atoms with van der Waals surface area (Å²) >= 11 is 0. The number of nitrogens with zero attached hydrogens (tertiary/aromatic N) is 1. The van der Waals surface area contributed by atoms with Crippen LogP contribution in [-0.4, -0.2) is 42.3 Å². The lowest BCUT2D eigenvalue weighted by molar-refractivity contribution is -0.128. The average molecular weight is 393 g/mol. The third-order valence-corrected chi connectivity index (χ3v) is 5.19. The van der Waals surface area contributed by atoms with Crippen molar-refractivity contribution in [3.05, 3.63) is 53.6 Å². The maximum absolute atomic E-state index is 14.4. The topological polar surface area (TPSA) is 49.8 Å². The number of halogens is 2. The molecular weight excluding hydrogens is 371 g/mol. The van der Waals surface area contributed by atoms with Crippen LogP contribution < -0.4 is 4.74 Å². The van der Waals surface area contributed by atoms with Crippen LogP contribution in [0.5, 0.6) is 5.75 Å². The quantitative estimate of drug-likeness (QED) is 0.603. The van der Waals surface area contributed by atoms with Gasteiger partial charge in [-0.15, -0.1) is 0 Å². The fourth-order valence-electron chi connectivity index (χ4n) is 3.32. The fraction of sp³-hybridized carbons (Fsp3) is 0.350. The molecule has 1 N–H and O–H groups in total. The molecule has 2 unspecified atom stereocenters. The molecule has 1 aliphatic carbocycles. The number of rotatable bonds is 6. The van der Waals surface area contributed by atoms with Crippen LogP contribution in [-0.2, 0) is 10.4 Å². The first kappa shape index (κ1) is 19.7. The van der Waals surface area contributed by atoms with Crippen LogP contribution in [0, 0.1) is 0 Å². The lowest BCUT2D eigenvalue weighted by Gasteiger charge is -2.31. The third kappa shape index (κ3) is 3.44. The smallest absolute Gasteiger partial charge is 0.295 e. The molecule has 4 nitrogen and oxygen atoms in total. The molecular formula is C20H22F2NO3P. The van der Waals surface area contributed by atoms with Crippen LogP contribution in [0.4, 0.5) is 8.78 Å². The van der Waals surface area contributed by atoms with Gasteiger partial charge in [0.15, 0.2) is 5.60 Å². The van der Waals surface area contributed by atoms with Gasteiger partial charge in [-0.25, -0.2) is 0 Å². The van der Waals surface area contributed by atoms with Gasteiger partial charge in [0, 0.05) is 31.6 Å². The molecule has 0 aliphatic heterocycles. The Labute approximate surface area is 159 Å². The molecule has 0 aromatic heterocycles. The van der Waals surface area contributed by atoms with Gasteiger partial charge >= 0.3 is 0 Å². The molecule has 1 amide bonds. The van der Waals surface area contributed by atoms with Gasteiger partial charge in [-0.05, 0) is 29.7 Å². The summed E-state index contributed by atoms with van der Waals surface area (Å²) in [6.07, 6.45) is 0.857. The monoisotopic (exact) mass is 393 g/mol. The summed E-state index contributed by atoms with van der Waals surface area (Å²) in [4.78, 5) is 13.1. The van der Waals surface area contributed by atoms with Crippen LogP contribution >= 0.6 is 9.24 Å². The predicted octanol–water partition coefficient (Wildman–Crippen LogP) is 3.62. The highest BCUT2D eigenvalue weighted by Crippen LogP contribution is 2.57. The summed E-state index contributed by atoms with van der Waals surface area (Å²) in [6.45, 7) is 0.279. The van der Waals surface area contributed by atoms with E-state index in [0.717, 1.165) is 0 Å². The second-order valence-corrected chi connectivity index (χ2v) is 7.55. The van der Waals surface area contributed by atoms with E-state index in [1.54, 1.807) is 44.4 Å². The first-order valence-corrected chi connectivity index (χ1v) is 9.20. The number of aliphatic hydroxyl groups is 1. The van der Waals surface area contributed by atoms with E-state index in [1.807, 2.05) is 0 Å². The van der Waals surface area contributed by atoms with Crippen LogP contribution in [0.3, 0.4) is 0 Å². The molecule has 3 rings (SSSR count). The van der Waals surface area contributed by atoms with Crippen molar-refractivity contribution in [2.75, 3.05) is 20.7 Å². The van der Waals surface area contributed by atoms with E-state index in [4.69, 9.17) is 4.74 Å². The Morgan fingerprint density at radius 3 is 2.52 bits per heavy atom. The average Bonchev–Trinajstić information content (AvgIpc) is 2.88. The summed E-state index contributed by atoms with van der Waals surface area (Å²) < 4.78 is 34.4. The van der Waals surface area contributed by atoms with Gasteiger partial charge < -0.3 is 14.7 Å². The highest BCUT2D eigenvalue weighted by atomic mass is 31.0. The lowest BCUT2D eigenvalue weighted by Crippen LogP contribution is -2.40. The molecule has 0 spiro atoms. The molecule has 2 aromatic rings. The Morgan fingerprint density at radius 2 is 1.85 bits per heavy atom. The number of fused-ring (bicyclic) bond motifs is 3. The third-order valence-electron chi connectivity index (χ3n) is 4.77. The zero-order valence-corrected chi connectivity index (χ0v) is 16.4. The van der Waals surface area contributed by atoms with Crippen molar-refractivity contribution >= 4 is 15.1 Å². The first-order valence-electron chi connectivity index (χ1n) is 8.62. The fourth-order valence-corrected chi connectivity index (χ4v) is 3.63.